The normalized spacial score (nSPS) is 12.4. The minimum atomic E-state index is -3.95. The van der Waals surface area contributed by atoms with Crippen LogP contribution in [0, 0.1) is 5.82 Å². The van der Waals surface area contributed by atoms with E-state index in [1.54, 1.807) is 6.92 Å². The minimum Gasteiger partial charge on any atom is -0.354 e. The van der Waals surface area contributed by atoms with Crippen molar-refractivity contribution in [1.29, 1.82) is 0 Å². The van der Waals surface area contributed by atoms with E-state index in [9.17, 15) is 22.4 Å². The van der Waals surface area contributed by atoms with Crippen molar-refractivity contribution in [3.8, 4) is 0 Å². The number of hydrogen-bond donors (Lipinski definition) is 1. The van der Waals surface area contributed by atoms with Gasteiger partial charge in [-0.05, 0) is 54.8 Å². The van der Waals surface area contributed by atoms with Gasteiger partial charge in [-0.25, -0.2) is 12.8 Å². The summed E-state index contributed by atoms with van der Waals surface area (Å²) in [7, 11) is -2.65. The molecule has 0 unspecified atom stereocenters. The number of carbonyl (C=O) groups excluding carboxylic acids is 2. The molecule has 0 saturated heterocycles. The number of nitrogens with one attached hydrogen (secondary N) is 1. The van der Waals surface area contributed by atoms with Crippen LogP contribution in [0.15, 0.2) is 53.4 Å². The van der Waals surface area contributed by atoms with Gasteiger partial charge >= 0.3 is 0 Å². The van der Waals surface area contributed by atoms with Crippen LogP contribution in [-0.4, -0.2) is 55.6 Å². The Kier molecular flexibility index (Phi) is 9.82. The SMILES string of the molecule is CCCNC(=O)[C@@H](CC)N(Cc1ccc(F)cc1)C(=O)CN(C)S(=O)(=O)c1ccc(Cl)cc1. The second-order valence-corrected chi connectivity index (χ2v) is 10.1. The van der Waals surface area contributed by atoms with E-state index in [0.717, 1.165) is 10.7 Å². The molecule has 10 heteroatoms. The zero-order valence-electron chi connectivity index (χ0n) is 18.9. The van der Waals surface area contributed by atoms with Gasteiger partial charge in [0.2, 0.25) is 21.8 Å². The van der Waals surface area contributed by atoms with Crippen LogP contribution < -0.4 is 5.32 Å². The largest absolute Gasteiger partial charge is 0.354 e. The van der Waals surface area contributed by atoms with Crippen LogP contribution in [0.3, 0.4) is 0 Å². The summed E-state index contributed by atoms with van der Waals surface area (Å²) >= 11 is 5.84. The fourth-order valence-corrected chi connectivity index (χ4v) is 4.47. The lowest BCUT2D eigenvalue weighted by Crippen LogP contribution is -2.51. The van der Waals surface area contributed by atoms with Crippen LogP contribution in [0.4, 0.5) is 4.39 Å². The van der Waals surface area contributed by atoms with Crippen LogP contribution in [0.25, 0.3) is 0 Å². The second-order valence-electron chi connectivity index (χ2n) is 7.58. The quantitative estimate of drug-likeness (QED) is 0.515. The summed E-state index contributed by atoms with van der Waals surface area (Å²) in [5.41, 5.74) is 0.620. The van der Waals surface area contributed by atoms with Crippen molar-refractivity contribution < 1.29 is 22.4 Å². The first kappa shape index (κ1) is 26.8. The number of carbonyl (C=O) groups is 2. The molecule has 2 aromatic rings. The molecule has 180 valence electrons. The van der Waals surface area contributed by atoms with E-state index < -0.39 is 34.3 Å². The Morgan fingerprint density at radius 2 is 1.67 bits per heavy atom. The third kappa shape index (κ3) is 7.25. The molecule has 0 saturated carbocycles. The Morgan fingerprint density at radius 1 is 1.06 bits per heavy atom. The highest BCUT2D eigenvalue weighted by Gasteiger charge is 2.31. The van der Waals surface area contributed by atoms with Gasteiger partial charge in [0.15, 0.2) is 0 Å². The number of hydrogen-bond acceptors (Lipinski definition) is 4. The van der Waals surface area contributed by atoms with E-state index in [0.29, 0.717) is 23.6 Å². The molecule has 0 spiro atoms. The smallest absolute Gasteiger partial charge is 0.243 e. The molecule has 2 amide bonds. The first-order chi connectivity index (χ1) is 15.6. The van der Waals surface area contributed by atoms with Crippen molar-refractivity contribution in [1.82, 2.24) is 14.5 Å². The van der Waals surface area contributed by atoms with Gasteiger partial charge in [-0.1, -0.05) is 37.6 Å². The van der Waals surface area contributed by atoms with E-state index in [-0.39, 0.29) is 17.3 Å². The Balaban J connectivity index is 2.29. The molecule has 0 aliphatic carbocycles. The van der Waals surface area contributed by atoms with Gasteiger partial charge in [0, 0.05) is 25.2 Å². The molecule has 0 radical (unpaired) electrons. The molecule has 1 atom stereocenters. The second kappa shape index (κ2) is 12.1. The summed E-state index contributed by atoms with van der Waals surface area (Å²) in [6.45, 7) is 3.71. The summed E-state index contributed by atoms with van der Waals surface area (Å²) in [6, 6.07) is 10.4. The van der Waals surface area contributed by atoms with E-state index >= 15 is 0 Å². The van der Waals surface area contributed by atoms with Gasteiger partial charge in [-0.3, -0.25) is 9.59 Å². The Hall–Kier alpha value is -2.49. The highest BCUT2D eigenvalue weighted by atomic mass is 35.5. The molecule has 0 aromatic heterocycles. The van der Waals surface area contributed by atoms with E-state index in [1.165, 1.54) is 60.5 Å². The Labute approximate surface area is 199 Å². The predicted octanol–water partition coefficient (Wildman–Crippen LogP) is 3.43. The number of rotatable bonds is 11. The zero-order chi connectivity index (χ0) is 24.6. The van der Waals surface area contributed by atoms with E-state index in [4.69, 9.17) is 11.6 Å². The maximum atomic E-state index is 13.3. The zero-order valence-corrected chi connectivity index (χ0v) is 20.5. The summed E-state index contributed by atoms with van der Waals surface area (Å²) in [6.07, 6.45) is 1.06. The van der Waals surface area contributed by atoms with Gasteiger partial charge in [-0.2, -0.15) is 4.31 Å². The maximum absolute atomic E-state index is 13.3. The summed E-state index contributed by atoms with van der Waals surface area (Å²) in [5, 5.41) is 3.18. The lowest BCUT2D eigenvalue weighted by molar-refractivity contribution is -0.141. The van der Waals surface area contributed by atoms with Crippen LogP contribution in [0.2, 0.25) is 5.02 Å². The van der Waals surface area contributed by atoms with Crippen molar-refractivity contribution in [3.05, 3.63) is 64.9 Å². The molecule has 33 heavy (non-hydrogen) atoms. The molecular formula is C23H29ClFN3O4S. The summed E-state index contributed by atoms with van der Waals surface area (Å²) < 4.78 is 40.1. The highest BCUT2D eigenvalue weighted by Crippen LogP contribution is 2.19. The Bertz CT molecular complexity index is 1050. The third-order valence-corrected chi connectivity index (χ3v) is 7.15. The van der Waals surface area contributed by atoms with Crippen molar-refractivity contribution in [2.45, 2.75) is 44.2 Å². The molecule has 0 fully saturated rings. The van der Waals surface area contributed by atoms with E-state index in [2.05, 4.69) is 5.32 Å². The monoisotopic (exact) mass is 497 g/mol. The van der Waals surface area contributed by atoms with Crippen LogP contribution in [-0.2, 0) is 26.2 Å². The van der Waals surface area contributed by atoms with Gasteiger partial charge in [0.1, 0.15) is 11.9 Å². The standard InChI is InChI=1S/C23H29ClFN3O4S/c1-4-14-26-23(30)21(5-2)28(15-17-6-10-19(25)11-7-17)22(29)16-27(3)33(31,32)20-12-8-18(24)9-13-20/h6-13,21H,4-5,14-16H2,1-3H3,(H,26,30)/t21-/m1/s1. The number of benzene rings is 2. The minimum absolute atomic E-state index is 0.0000138. The molecule has 1 N–H and O–H groups in total. The first-order valence-electron chi connectivity index (χ1n) is 10.6. The molecular weight excluding hydrogens is 469 g/mol. The van der Waals surface area contributed by atoms with Gasteiger partial charge < -0.3 is 10.2 Å². The van der Waals surface area contributed by atoms with Gasteiger partial charge in [0.25, 0.3) is 0 Å². The van der Waals surface area contributed by atoms with Gasteiger partial charge in [0.05, 0.1) is 11.4 Å². The molecule has 0 bridgehead atoms. The topological polar surface area (TPSA) is 86.8 Å². The number of sulfonamides is 1. The first-order valence-corrected chi connectivity index (χ1v) is 12.5. The molecule has 0 aliphatic rings. The Morgan fingerprint density at radius 3 is 2.21 bits per heavy atom. The average Bonchev–Trinajstić information content (AvgIpc) is 2.78. The van der Waals surface area contributed by atoms with Crippen molar-refractivity contribution >= 4 is 33.4 Å². The number of halogens is 2. The van der Waals surface area contributed by atoms with Crippen LogP contribution >= 0.6 is 11.6 Å². The van der Waals surface area contributed by atoms with Gasteiger partial charge in [-0.15, -0.1) is 0 Å². The number of likely N-dealkylation sites (N-methyl/N-ethyl adjacent to an activating group) is 1. The van der Waals surface area contributed by atoms with Crippen LogP contribution in [0.5, 0.6) is 0 Å². The molecule has 2 rings (SSSR count). The van der Waals surface area contributed by atoms with Crippen LogP contribution in [0.1, 0.15) is 32.3 Å². The molecule has 2 aromatic carbocycles. The fourth-order valence-electron chi connectivity index (χ4n) is 3.22. The average molecular weight is 498 g/mol. The fraction of sp³-hybridized carbons (Fsp3) is 0.391. The number of amides is 2. The van der Waals surface area contributed by atoms with Crippen molar-refractivity contribution in [2.75, 3.05) is 20.1 Å². The third-order valence-electron chi connectivity index (χ3n) is 5.08. The molecule has 0 heterocycles. The molecule has 0 aliphatic heterocycles. The van der Waals surface area contributed by atoms with Crippen molar-refractivity contribution in [2.24, 2.45) is 0 Å². The predicted molar refractivity (Wildman–Crippen MR) is 126 cm³/mol. The molecule has 7 nitrogen and oxygen atoms in total. The lowest BCUT2D eigenvalue weighted by atomic mass is 10.1. The number of nitrogens with zero attached hydrogens (tertiary/aromatic N) is 2. The summed E-state index contributed by atoms with van der Waals surface area (Å²) in [5.74, 6) is -1.28. The maximum Gasteiger partial charge on any atom is 0.243 e. The summed E-state index contributed by atoms with van der Waals surface area (Å²) in [4.78, 5) is 27.4. The van der Waals surface area contributed by atoms with Crippen molar-refractivity contribution in [3.63, 3.8) is 0 Å². The lowest BCUT2D eigenvalue weighted by Gasteiger charge is -2.32. The highest BCUT2D eigenvalue weighted by molar-refractivity contribution is 7.89. The van der Waals surface area contributed by atoms with E-state index in [1.807, 2.05) is 6.92 Å².